The smallest absolute Gasteiger partial charge is 0.194 e. The van der Waals surface area contributed by atoms with Gasteiger partial charge in [0.05, 0.1) is 10.5 Å². The molecule has 0 aliphatic carbocycles. The summed E-state index contributed by atoms with van der Waals surface area (Å²) in [4.78, 5) is 6.82. The van der Waals surface area contributed by atoms with Gasteiger partial charge in [-0.2, -0.15) is 0 Å². The molecule has 0 bridgehead atoms. The summed E-state index contributed by atoms with van der Waals surface area (Å²) in [6.07, 6.45) is 0.885. The Morgan fingerprint density at radius 3 is 2.58 bits per heavy atom. The van der Waals surface area contributed by atoms with Crippen molar-refractivity contribution < 1.29 is 8.42 Å². The van der Waals surface area contributed by atoms with Crippen LogP contribution < -0.4 is 5.32 Å². The number of halogens is 1. The third-order valence-electron chi connectivity index (χ3n) is 4.82. The zero-order valence-electron chi connectivity index (χ0n) is 16.5. The minimum Gasteiger partial charge on any atom is -0.357 e. The molecule has 0 unspecified atom stereocenters. The lowest BCUT2D eigenvalue weighted by Gasteiger charge is -2.39. The van der Waals surface area contributed by atoms with E-state index in [0.717, 1.165) is 18.9 Å². The Morgan fingerprint density at radius 2 is 2.00 bits per heavy atom. The molecule has 0 radical (unpaired) electrons. The predicted molar refractivity (Wildman–Crippen MR) is 120 cm³/mol. The van der Waals surface area contributed by atoms with Gasteiger partial charge in [-0.25, -0.2) is 8.42 Å². The molecule has 1 aliphatic heterocycles. The van der Waals surface area contributed by atoms with Crippen molar-refractivity contribution in [2.75, 3.05) is 31.9 Å². The number of benzene rings is 1. The zero-order valence-corrected chi connectivity index (χ0v) is 19.6. The summed E-state index contributed by atoms with van der Waals surface area (Å²) >= 11 is 0. The maximum atomic E-state index is 12.2. The highest BCUT2D eigenvalue weighted by molar-refractivity contribution is 14.0. The van der Waals surface area contributed by atoms with Crippen molar-refractivity contribution in [3.05, 3.63) is 34.9 Å². The van der Waals surface area contributed by atoms with E-state index in [2.05, 4.69) is 42.3 Å². The fraction of sp³-hybridized carbons (Fsp3) is 0.632. The van der Waals surface area contributed by atoms with Gasteiger partial charge in [0.15, 0.2) is 15.8 Å². The highest BCUT2D eigenvalue weighted by Gasteiger charge is 2.40. The molecule has 1 fully saturated rings. The van der Waals surface area contributed by atoms with E-state index in [0.29, 0.717) is 19.6 Å². The summed E-state index contributed by atoms with van der Waals surface area (Å²) in [6, 6.07) is 6.50. The van der Waals surface area contributed by atoms with Crippen LogP contribution in [0.4, 0.5) is 0 Å². The van der Waals surface area contributed by atoms with Gasteiger partial charge in [-0.1, -0.05) is 23.8 Å². The molecule has 0 spiro atoms. The molecule has 5 nitrogen and oxygen atoms in total. The molecule has 26 heavy (non-hydrogen) atoms. The van der Waals surface area contributed by atoms with Gasteiger partial charge >= 0.3 is 0 Å². The lowest BCUT2D eigenvalue weighted by molar-refractivity contribution is 0.353. The zero-order chi connectivity index (χ0) is 18.7. The van der Waals surface area contributed by atoms with Crippen LogP contribution in [0, 0.1) is 13.8 Å². The summed E-state index contributed by atoms with van der Waals surface area (Å²) in [5.41, 5.74) is 3.88. The van der Waals surface area contributed by atoms with Gasteiger partial charge in [0.25, 0.3) is 0 Å². The summed E-state index contributed by atoms with van der Waals surface area (Å²) < 4.78 is 23.7. The molecule has 0 atom stereocenters. The first-order valence-electron chi connectivity index (χ1n) is 8.98. The van der Waals surface area contributed by atoms with E-state index in [1.165, 1.54) is 16.7 Å². The first-order chi connectivity index (χ1) is 11.7. The number of hydrogen-bond acceptors (Lipinski definition) is 3. The molecular weight excluding hydrogens is 461 g/mol. The third kappa shape index (κ3) is 5.58. The molecule has 2 rings (SSSR count). The van der Waals surface area contributed by atoms with Crippen molar-refractivity contribution in [3.8, 4) is 0 Å². The number of sulfone groups is 1. The molecule has 148 valence electrons. The second kappa shape index (κ2) is 9.39. The summed E-state index contributed by atoms with van der Waals surface area (Å²) in [7, 11) is -3.04. The van der Waals surface area contributed by atoms with Gasteiger partial charge < -0.3 is 10.2 Å². The van der Waals surface area contributed by atoms with Crippen LogP contribution in [0.25, 0.3) is 0 Å². The van der Waals surface area contributed by atoms with Crippen molar-refractivity contribution in [2.24, 2.45) is 4.99 Å². The van der Waals surface area contributed by atoms with Gasteiger partial charge in [0, 0.05) is 26.2 Å². The predicted octanol–water partition coefficient (Wildman–Crippen LogP) is 2.94. The first-order valence-corrected chi connectivity index (χ1v) is 10.6. The first kappa shape index (κ1) is 23.2. The van der Waals surface area contributed by atoms with Crippen LogP contribution in [0.2, 0.25) is 0 Å². The molecule has 1 aromatic rings. The Morgan fingerprint density at radius 1 is 1.31 bits per heavy atom. The number of rotatable bonds is 4. The van der Waals surface area contributed by atoms with Crippen LogP contribution in [0.3, 0.4) is 0 Å². The minimum absolute atomic E-state index is 0. The highest BCUT2D eigenvalue weighted by Crippen LogP contribution is 2.23. The molecule has 7 heteroatoms. The Kier molecular flexibility index (Phi) is 8.38. The van der Waals surface area contributed by atoms with E-state index in [4.69, 9.17) is 4.99 Å². The van der Waals surface area contributed by atoms with E-state index >= 15 is 0 Å². The second-order valence-corrected chi connectivity index (χ2v) is 10.2. The van der Waals surface area contributed by atoms with Crippen LogP contribution in [0.1, 0.15) is 37.5 Å². The maximum Gasteiger partial charge on any atom is 0.194 e. The Bertz CT molecular complexity index is 745. The standard InChI is InChI=1S/C19H31N3O2S.HI/c1-6-20-18(22-11-12-25(23,24)19(4,5)14-22)21-10-9-17-8-7-15(2)13-16(17)3;/h7-8,13H,6,9-12,14H2,1-5H3,(H,20,21);1H. The number of nitrogens with one attached hydrogen (secondary N) is 1. The lowest BCUT2D eigenvalue weighted by atomic mass is 10.0. The number of hydrogen-bond donors (Lipinski definition) is 1. The normalized spacial score (nSPS) is 19.0. The Labute approximate surface area is 175 Å². The highest BCUT2D eigenvalue weighted by atomic mass is 127. The molecule has 1 aliphatic rings. The number of nitrogens with zero attached hydrogens (tertiary/aromatic N) is 2. The third-order valence-corrected chi connectivity index (χ3v) is 7.35. The van der Waals surface area contributed by atoms with Gasteiger partial charge in [-0.05, 0) is 52.2 Å². The summed E-state index contributed by atoms with van der Waals surface area (Å²) in [5.74, 6) is 0.997. The number of aliphatic imine (C=N–C) groups is 1. The molecule has 1 aromatic carbocycles. The molecule has 0 aromatic heterocycles. The molecule has 0 amide bonds. The second-order valence-electron chi connectivity index (χ2n) is 7.42. The Hall–Kier alpha value is -0.830. The molecular formula is C19H32IN3O2S. The minimum atomic E-state index is -3.04. The van der Waals surface area contributed by atoms with E-state index in [-0.39, 0.29) is 29.7 Å². The van der Waals surface area contributed by atoms with E-state index in [9.17, 15) is 8.42 Å². The van der Waals surface area contributed by atoms with Crippen LogP contribution in [0.5, 0.6) is 0 Å². The van der Waals surface area contributed by atoms with Crippen molar-refractivity contribution >= 4 is 39.8 Å². The number of aryl methyl sites for hydroxylation is 2. The van der Waals surface area contributed by atoms with E-state index in [1.807, 2.05) is 6.92 Å². The molecule has 1 heterocycles. The SMILES string of the molecule is CCNC(=NCCc1ccc(C)cc1C)N1CCS(=O)(=O)C(C)(C)C1.I. The van der Waals surface area contributed by atoms with Gasteiger partial charge in [-0.3, -0.25) is 4.99 Å². The average Bonchev–Trinajstić information content (AvgIpc) is 2.51. The molecule has 1 N–H and O–H groups in total. The van der Waals surface area contributed by atoms with Crippen LogP contribution in [-0.4, -0.2) is 56.0 Å². The number of guanidine groups is 1. The van der Waals surface area contributed by atoms with Crippen molar-refractivity contribution in [3.63, 3.8) is 0 Å². The molecule has 1 saturated heterocycles. The van der Waals surface area contributed by atoms with Crippen molar-refractivity contribution in [1.82, 2.24) is 10.2 Å². The lowest BCUT2D eigenvalue weighted by Crippen LogP contribution is -2.57. The molecule has 0 saturated carbocycles. The summed E-state index contributed by atoms with van der Waals surface area (Å²) in [6.45, 7) is 12.3. The van der Waals surface area contributed by atoms with Gasteiger partial charge in [-0.15, -0.1) is 24.0 Å². The topological polar surface area (TPSA) is 61.8 Å². The monoisotopic (exact) mass is 493 g/mol. The summed E-state index contributed by atoms with van der Waals surface area (Å²) in [5, 5.41) is 3.31. The quantitative estimate of drug-likeness (QED) is 0.398. The van der Waals surface area contributed by atoms with Gasteiger partial charge in [0.2, 0.25) is 0 Å². The van der Waals surface area contributed by atoms with E-state index in [1.54, 1.807) is 13.8 Å². The van der Waals surface area contributed by atoms with Crippen LogP contribution in [-0.2, 0) is 16.3 Å². The van der Waals surface area contributed by atoms with Gasteiger partial charge in [0.1, 0.15) is 0 Å². The largest absolute Gasteiger partial charge is 0.357 e. The Balaban J connectivity index is 0.00000338. The van der Waals surface area contributed by atoms with Crippen molar-refractivity contribution in [2.45, 2.75) is 45.8 Å². The van der Waals surface area contributed by atoms with Crippen LogP contribution >= 0.6 is 24.0 Å². The van der Waals surface area contributed by atoms with Crippen LogP contribution in [0.15, 0.2) is 23.2 Å². The fourth-order valence-corrected chi connectivity index (χ4v) is 4.52. The van der Waals surface area contributed by atoms with Crippen molar-refractivity contribution in [1.29, 1.82) is 0 Å². The van der Waals surface area contributed by atoms with E-state index < -0.39 is 14.6 Å². The maximum absolute atomic E-state index is 12.2. The average molecular weight is 493 g/mol. The fourth-order valence-electron chi connectivity index (χ4n) is 3.16.